The Labute approximate surface area is 120 Å². The van der Waals surface area contributed by atoms with Crippen molar-refractivity contribution in [1.29, 1.82) is 0 Å². The van der Waals surface area contributed by atoms with Crippen LogP contribution in [-0.2, 0) is 0 Å². The van der Waals surface area contributed by atoms with E-state index in [1.807, 2.05) is 18.9 Å². The summed E-state index contributed by atoms with van der Waals surface area (Å²) in [5.41, 5.74) is 0.0733. The van der Waals surface area contributed by atoms with Crippen molar-refractivity contribution in [3.8, 4) is 0 Å². The Morgan fingerprint density at radius 3 is 2.65 bits per heavy atom. The summed E-state index contributed by atoms with van der Waals surface area (Å²) in [7, 11) is 1.93. The van der Waals surface area contributed by atoms with Gasteiger partial charge in [0, 0.05) is 19.6 Å². The van der Waals surface area contributed by atoms with Crippen LogP contribution >= 0.6 is 0 Å². The lowest BCUT2D eigenvalue weighted by Gasteiger charge is -2.26. The summed E-state index contributed by atoms with van der Waals surface area (Å²) < 4.78 is 0. The lowest BCUT2D eigenvalue weighted by atomic mass is 10.2. The van der Waals surface area contributed by atoms with Crippen LogP contribution < -0.4 is 10.2 Å². The Hall–Kier alpha value is -1.85. The van der Waals surface area contributed by atoms with E-state index >= 15 is 0 Å². The van der Waals surface area contributed by atoms with Gasteiger partial charge in [0.2, 0.25) is 0 Å². The standard InChI is InChI=1S/C14H24N4O2/c1-5-7-11(3)17(4)14-10-12(18(19)20)9-13(16-14)15-8-6-2/h9-11H,5-8H2,1-4H3,(H,15,16). The number of aromatic nitrogens is 1. The third-order valence-corrected chi connectivity index (χ3v) is 3.29. The number of nitrogens with one attached hydrogen (secondary N) is 1. The van der Waals surface area contributed by atoms with Crippen LogP contribution in [0, 0.1) is 10.1 Å². The quantitative estimate of drug-likeness (QED) is 0.583. The zero-order valence-electron chi connectivity index (χ0n) is 12.7. The van der Waals surface area contributed by atoms with E-state index < -0.39 is 0 Å². The van der Waals surface area contributed by atoms with Crippen molar-refractivity contribution < 1.29 is 4.92 Å². The first kappa shape index (κ1) is 16.2. The van der Waals surface area contributed by atoms with Gasteiger partial charge in [0.15, 0.2) is 0 Å². The number of anilines is 2. The molecule has 0 aliphatic heterocycles. The second-order valence-electron chi connectivity index (χ2n) is 5.00. The summed E-state index contributed by atoms with van der Waals surface area (Å²) in [6.07, 6.45) is 3.04. The topological polar surface area (TPSA) is 71.3 Å². The first-order valence-electron chi connectivity index (χ1n) is 7.12. The second kappa shape index (κ2) is 7.67. The summed E-state index contributed by atoms with van der Waals surface area (Å²) in [6.45, 7) is 7.02. The smallest absolute Gasteiger partial charge is 0.276 e. The fourth-order valence-corrected chi connectivity index (χ4v) is 1.97. The Kier molecular flexibility index (Phi) is 6.21. The van der Waals surface area contributed by atoms with Gasteiger partial charge in [-0.1, -0.05) is 20.3 Å². The van der Waals surface area contributed by atoms with Crippen molar-refractivity contribution in [2.75, 3.05) is 23.8 Å². The van der Waals surface area contributed by atoms with Gasteiger partial charge < -0.3 is 10.2 Å². The SMILES string of the molecule is CCCNc1cc([N+](=O)[O-])cc(N(C)C(C)CCC)n1. The van der Waals surface area contributed by atoms with E-state index in [0.717, 1.165) is 25.8 Å². The van der Waals surface area contributed by atoms with Gasteiger partial charge in [-0.2, -0.15) is 0 Å². The largest absolute Gasteiger partial charge is 0.370 e. The van der Waals surface area contributed by atoms with E-state index in [2.05, 4.69) is 24.1 Å². The van der Waals surface area contributed by atoms with Crippen molar-refractivity contribution in [1.82, 2.24) is 4.98 Å². The average Bonchev–Trinajstić information content (AvgIpc) is 2.44. The molecule has 1 aromatic heterocycles. The molecule has 1 heterocycles. The van der Waals surface area contributed by atoms with E-state index in [1.165, 1.54) is 12.1 Å². The lowest BCUT2D eigenvalue weighted by molar-refractivity contribution is -0.384. The second-order valence-corrected chi connectivity index (χ2v) is 5.00. The van der Waals surface area contributed by atoms with Gasteiger partial charge >= 0.3 is 0 Å². The molecule has 6 heteroatoms. The molecule has 0 fully saturated rings. The molecule has 0 saturated heterocycles. The molecule has 0 bridgehead atoms. The molecule has 1 atom stereocenters. The fourth-order valence-electron chi connectivity index (χ4n) is 1.97. The van der Waals surface area contributed by atoms with Gasteiger partial charge in [0.1, 0.15) is 11.6 Å². The minimum Gasteiger partial charge on any atom is -0.370 e. The molecular formula is C14H24N4O2. The average molecular weight is 280 g/mol. The summed E-state index contributed by atoms with van der Waals surface area (Å²) in [4.78, 5) is 17.1. The first-order valence-corrected chi connectivity index (χ1v) is 7.12. The van der Waals surface area contributed by atoms with Crippen LogP contribution in [0.1, 0.15) is 40.0 Å². The summed E-state index contributed by atoms with van der Waals surface area (Å²) in [5, 5.41) is 14.1. The maximum Gasteiger partial charge on any atom is 0.276 e. The van der Waals surface area contributed by atoms with Crippen molar-refractivity contribution >= 4 is 17.3 Å². The van der Waals surface area contributed by atoms with Crippen molar-refractivity contribution in [3.05, 3.63) is 22.2 Å². The third kappa shape index (κ3) is 4.36. The van der Waals surface area contributed by atoms with Gasteiger partial charge in [-0.15, -0.1) is 0 Å². The predicted molar refractivity (Wildman–Crippen MR) is 82.4 cm³/mol. The number of hydrogen-bond acceptors (Lipinski definition) is 5. The monoisotopic (exact) mass is 280 g/mol. The van der Waals surface area contributed by atoms with Gasteiger partial charge in [-0.3, -0.25) is 10.1 Å². The molecule has 0 spiro atoms. The Bertz CT molecular complexity index is 451. The Morgan fingerprint density at radius 2 is 2.10 bits per heavy atom. The molecule has 0 aliphatic rings. The first-order chi connectivity index (χ1) is 9.49. The van der Waals surface area contributed by atoms with Gasteiger partial charge in [0.05, 0.1) is 17.1 Å². The normalized spacial score (nSPS) is 12.0. The van der Waals surface area contributed by atoms with Crippen LogP contribution in [0.3, 0.4) is 0 Å². The molecule has 0 saturated carbocycles. The molecule has 112 valence electrons. The van der Waals surface area contributed by atoms with E-state index in [-0.39, 0.29) is 10.6 Å². The van der Waals surface area contributed by atoms with Crippen molar-refractivity contribution in [2.24, 2.45) is 0 Å². The highest BCUT2D eigenvalue weighted by molar-refractivity contribution is 5.56. The summed E-state index contributed by atoms with van der Waals surface area (Å²) >= 11 is 0. The van der Waals surface area contributed by atoms with Crippen LogP contribution in [0.2, 0.25) is 0 Å². The number of hydrogen-bond donors (Lipinski definition) is 1. The summed E-state index contributed by atoms with van der Waals surface area (Å²) in [6, 6.07) is 3.31. The molecule has 1 N–H and O–H groups in total. The molecule has 0 aliphatic carbocycles. The van der Waals surface area contributed by atoms with Crippen LogP contribution in [0.5, 0.6) is 0 Å². The Balaban J connectivity index is 3.04. The molecule has 1 aromatic rings. The molecule has 6 nitrogen and oxygen atoms in total. The number of rotatable bonds is 8. The molecule has 20 heavy (non-hydrogen) atoms. The third-order valence-electron chi connectivity index (χ3n) is 3.29. The van der Waals surface area contributed by atoms with E-state index in [1.54, 1.807) is 0 Å². The van der Waals surface area contributed by atoms with Crippen molar-refractivity contribution in [2.45, 2.75) is 46.1 Å². The van der Waals surface area contributed by atoms with Gasteiger partial charge in [-0.05, 0) is 19.8 Å². The fraction of sp³-hybridized carbons (Fsp3) is 0.643. The zero-order chi connectivity index (χ0) is 15.1. The number of nitro groups is 1. The molecule has 1 unspecified atom stereocenters. The van der Waals surface area contributed by atoms with E-state index in [0.29, 0.717) is 17.7 Å². The predicted octanol–water partition coefficient (Wildman–Crippen LogP) is 3.44. The highest BCUT2D eigenvalue weighted by atomic mass is 16.6. The minimum atomic E-state index is -0.374. The van der Waals surface area contributed by atoms with Crippen LogP contribution in [0.25, 0.3) is 0 Å². The van der Waals surface area contributed by atoms with E-state index in [4.69, 9.17) is 0 Å². The minimum absolute atomic E-state index is 0.0733. The maximum atomic E-state index is 11.0. The highest BCUT2D eigenvalue weighted by Crippen LogP contribution is 2.24. The molecular weight excluding hydrogens is 256 g/mol. The number of nitrogens with zero attached hydrogens (tertiary/aromatic N) is 3. The highest BCUT2D eigenvalue weighted by Gasteiger charge is 2.16. The zero-order valence-corrected chi connectivity index (χ0v) is 12.7. The number of pyridine rings is 1. The molecule has 1 rings (SSSR count). The maximum absolute atomic E-state index is 11.0. The molecule has 0 aromatic carbocycles. The summed E-state index contributed by atoms with van der Waals surface area (Å²) in [5.74, 6) is 1.20. The van der Waals surface area contributed by atoms with E-state index in [9.17, 15) is 10.1 Å². The van der Waals surface area contributed by atoms with Gasteiger partial charge in [-0.25, -0.2) is 4.98 Å². The molecule has 0 amide bonds. The van der Waals surface area contributed by atoms with Crippen molar-refractivity contribution in [3.63, 3.8) is 0 Å². The van der Waals surface area contributed by atoms with Gasteiger partial charge in [0.25, 0.3) is 5.69 Å². The van der Waals surface area contributed by atoms with Crippen LogP contribution in [-0.4, -0.2) is 29.5 Å². The lowest BCUT2D eigenvalue weighted by Crippen LogP contribution is -2.29. The van der Waals surface area contributed by atoms with Crippen LogP contribution in [0.4, 0.5) is 17.3 Å². The molecule has 0 radical (unpaired) electrons. The Morgan fingerprint density at radius 1 is 1.40 bits per heavy atom. The van der Waals surface area contributed by atoms with Crippen LogP contribution in [0.15, 0.2) is 12.1 Å².